The molecule has 0 aliphatic rings. The van der Waals surface area contributed by atoms with Gasteiger partial charge in [0.2, 0.25) is 0 Å². The van der Waals surface area contributed by atoms with Crippen LogP contribution in [0.2, 0.25) is 0 Å². The first-order chi connectivity index (χ1) is 10.2. The van der Waals surface area contributed by atoms with Gasteiger partial charge in [-0.1, -0.05) is 26.0 Å². The van der Waals surface area contributed by atoms with Crippen LogP contribution in [0.1, 0.15) is 36.2 Å². The van der Waals surface area contributed by atoms with Crippen molar-refractivity contribution < 1.29 is 9.84 Å². The second kappa shape index (κ2) is 6.82. The van der Waals surface area contributed by atoms with E-state index >= 15 is 0 Å². The normalized spacial score (nSPS) is 10.2. The third-order valence-electron chi connectivity index (χ3n) is 3.22. The molecule has 1 aromatic carbocycles. The van der Waals surface area contributed by atoms with Crippen LogP contribution in [0, 0.1) is 11.3 Å². The number of nitrogens with zero attached hydrogens (tertiary/aromatic N) is 3. The first-order valence-corrected chi connectivity index (χ1v) is 6.89. The average molecular weight is 283 g/mol. The summed E-state index contributed by atoms with van der Waals surface area (Å²) < 4.78 is 5.68. The first kappa shape index (κ1) is 14.9. The third kappa shape index (κ3) is 3.18. The van der Waals surface area contributed by atoms with Gasteiger partial charge in [0.15, 0.2) is 0 Å². The van der Waals surface area contributed by atoms with Crippen molar-refractivity contribution in [3.63, 3.8) is 0 Å². The van der Waals surface area contributed by atoms with Crippen LogP contribution in [-0.4, -0.2) is 15.3 Å². The van der Waals surface area contributed by atoms with Crippen molar-refractivity contribution >= 4 is 0 Å². The van der Waals surface area contributed by atoms with Crippen LogP contribution in [0.15, 0.2) is 24.3 Å². The fourth-order valence-electron chi connectivity index (χ4n) is 2.16. The molecule has 0 aliphatic carbocycles. The molecule has 0 unspecified atom stereocenters. The molecular formula is C16H17N3O2. The summed E-state index contributed by atoms with van der Waals surface area (Å²) in [6.45, 7) is 3.89. The van der Waals surface area contributed by atoms with E-state index in [2.05, 4.69) is 16.3 Å². The van der Waals surface area contributed by atoms with E-state index in [4.69, 9.17) is 9.84 Å². The molecule has 5 nitrogen and oxygen atoms in total. The number of benzene rings is 1. The molecule has 21 heavy (non-hydrogen) atoms. The van der Waals surface area contributed by atoms with Gasteiger partial charge in [-0.15, -0.1) is 5.10 Å². The topological polar surface area (TPSA) is 79.0 Å². The summed E-state index contributed by atoms with van der Waals surface area (Å²) in [6.07, 6.45) is 1.43. The number of hydrogen-bond donors (Lipinski definition) is 1. The molecule has 0 aliphatic heterocycles. The van der Waals surface area contributed by atoms with E-state index in [-0.39, 0.29) is 12.5 Å². The quantitative estimate of drug-likeness (QED) is 0.912. The highest BCUT2D eigenvalue weighted by molar-refractivity contribution is 5.47. The van der Waals surface area contributed by atoms with E-state index in [9.17, 15) is 5.26 Å². The molecule has 0 amide bonds. The van der Waals surface area contributed by atoms with E-state index in [0.717, 1.165) is 23.2 Å². The monoisotopic (exact) mass is 283 g/mol. The van der Waals surface area contributed by atoms with Crippen molar-refractivity contribution in [3.8, 4) is 17.7 Å². The molecule has 0 fully saturated rings. The molecule has 0 radical (unpaired) electrons. The number of nitriles is 1. The van der Waals surface area contributed by atoms with Crippen LogP contribution in [0.5, 0.6) is 11.6 Å². The summed E-state index contributed by atoms with van der Waals surface area (Å²) in [7, 11) is 0. The lowest BCUT2D eigenvalue weighted by Gasteiger charge is -2.11. The zero-order chi connectivity index (χ0) is 15.2. The van der Waals surface area contributed by atoms with Gasteiger partial charge >= 0.3 is 0 Å². The Labute approximate surface area is 123 Å². The minimum atomic E-state index is -0.0665. The number of aryl methyl sites for hydroxylation is 1. The van der Waals surface area contributed by atoms with E-state index in [1.165, 1.54) is 0 Å². The summed E-state index contributed by atoms with van der Waals surface area (Å²) >= 11 is 0. The predicted octanol–water partition coefficient (Wildman–Crippen LogP) is 2.76. The van der Waals surface area contributed by atoms with Crippen molar-refractivity contribution in [2.75, 3.05) is 0 Å². The Bertz CT molecular complexity index is 678. The zero-order valence-electron chi connectivity index (χ0n) is 12.1. The fourth-order valence-corrected chi connectivity index (χ4v) is 2.16. The van der Waals surface area contributed by atoms with Gasteiger partial charge in [0.25, 0.3) is 5.88 Å². The smallest absolute Gasteiger partial charge is 0.257 e. The highest BCUT2D eigenvalue weighted by atomic mass is 16.5. The van der Waals surface area contributed by atoms with Gasteiger partial charge in [-0.2, -0.15) is 10.4 Å². The maximum atomic E-state index is 9.39. The lowest BCUT2D eigenvalue weighted by molar-refractivity contribution is 0.281. The molecule has 2 rings (SSSR count). The number of rotatable bonds is 5. The molecule has 0 spiro atoms. The average Bonchev–Trinajstić information content (AvgIpc) is 2.54. The highest BCUT2D eigenvalue weighted by Crippen LogP contribution is 2.27. The molecular weight excluding hydrogens is 266 g/mol. The Morgan fingerprint density at radius 2 is 2.05 bits per heavy atom. The van der Waals surface area contributed by atoms with Crippen LogP contribution >= 0.6 is 0 Å². The second-order valence-electron chi connectivity index (χ2n) is 4.53. The van der Waals surface area contributed by atoms with Crippen LogP contribution < -0.4 is 4.74 Å². The molecule has 1 heterocycles. The Kier molecular flexibility index (Phi) is 4.85. The highest BCUT2D eigenvalue weighted by Gasteiger charge is 2.16. The van der Waals surface area contributed by atoms with E-state index in [1.54, 1.807) is 24.3 Å². The number of aromatic nitrogens is 2. The lowest BCUT2D eigenvalue weighted by atomic mass is 10.0. The predicted molar refractivity (Wildman–Crippen MR) is 77.9 cm³/mol. The molecule has 1 aromatic heterocycles. The number of hydrogen-bond acceptors (Lipinski definition) is 5. The van der Waals surface area contributed by atoms with Gasteiger partial charge in [0, 0.05) is 0 Å². The van der Waals surface area contributed by atoms with Gasteiger partial charge in [0.1, 0.15) is 17.4 Å². The maximum Gasteiger partial charge on any atom is 0.257 e. The largest absolute Gasteiger partial charge is 0.437 e. The summed E-state index contributed by atoms with van der Waals surface area (Å²) in [5, 5.41) is 26.7. The van der Waals surface area contributed by atoms with E-state index in [1.807, 2.05) is 13.8 Å². The van der Waals surface area contributed by atoms with E-state index in [0.29, 0.717) is 17.7 Å². The molecule has 5 heteroatoms. The Hall–Kier alpha value is -2.45. The van der Waals surface area contributed by atoms with Crippen LogP contribution in [0.3, 0.4) is 0 Å². The van der Waals surface area contributed by atoms with Crippen LogP contribution in [0.4, 0.5) is 0 Å². The van der Waals surface area contributed by atoms with Crippen molar-refractivity contribution in [3.05, 3.63) is 46.6 Å². The summed E-state index contributed by atoms with van der Waals surface area (Å²) in [5.41, 5.74) is 2.87. The molecule has 0 saturated carbocycles. The maximum absolute atomic E-state index is 9.39. The van der Waals surface area contributed by atoms with Crippen molar-refractivity contribution in [2.45, 2.75) is 33.3 Å². The zero-order valence-corrected chi connectivity index (χ0v) is 12.1. The number of ether oxygens (including phenoxy) is 1. The van der Waals surface area contributed by atoms with Gasteiger partial charge in [-0.3, -0.25) is 0 Å². The molecule has 0 bridgehead atoms. The minimum absolute atomic E-state index is 0.0665. The van der Waals surface area contributed by atoms with Crippen molar-refractivity contribution in [2.24, 2.45) is 0 Å². The summed E-state index contributed by atoms with van der Waals surface area (Å²) in [4.78, 5) is 0. The third-order valence-corrected chi connectivity index (χ3v) is 3.22. The molecule has 2 aromatic rings. The van der Waals surface area contributed by atoms with E-state index < -0.39 is 0 Å². The molecule has 0 saturated heterocycles. The van der Waals surface area contributed by atoms with Crippen molar-refractivity contribution in [1.82, 2.24) is 10.2 Å². The van der Waals surface area contributed by atoms with Gasteiger partial charge in [-0.25, -0.2) is 0 Å². The summed E-state index contributed by atoms with van der Waals surface area (Å²) in [5.74, 6) is 0.736. The van der Waals surface area contributed by atoms with Gasteiger partial charge in [-0.05, 0) is 36.1 Å². The minimum Gasteiger partial charge on any atom is -0.437 e. The van der Waals surface area contributed by atoms with Crippen molar-refractivity contribution in [1.29, 1.82) is 5.26 Å². The first-order valence-electron chi connectivity index (χ1n) is 6.89. The lowest BCUT2D eigenvalue weighted by Crippen LogP contribution is -2.05. The fraction of sp³-hybridized carbons (Fsp3) is 0.312. The standard InChI is InChI=1S/C16H17N3O2/c1-3-13-14(9-17)16(19-18-15(13)4-2)21-12-7-5-6-11(8-12)10-20/h5-8,20H,3-4,10H2,1-2H3. The Morgan fingerprint density at radius 1 is 1.24 bits per heavy atom. The van der Waals surface area contributed by atoms with Gasteiger partial charge in [0.05, 0.1) is 12.3 Å². The SMILES string of the molecule is CCc1nnc(Oc2cccc(CO)c2)c(C#N)c1CC. The van der Waals surface area contributed by atoms with Crippen LogP contribution in [-0.2, 0) is 19.4 Å². The molecule has 1 N–H and O–H groups in total. The molecule has 108 valence electrons. The second-order valence-corrected chi connectivity index (χ2v) is 4.53. The molecule has 0 atom stereocenters. The van der Waals surface area contributed by atoms with Crippen LogP contribution in [0.25, 0.3) is 0 Å². The summed E-state index contributed by atoms with van der Waals surface area (Å²) in [6, 6.07) is 9.20. The number of aliphatic hydroxyl groups excluding tert-OH is 1. The Balaban J connectivity index is 2.42. The number of aliphatic hydroxyl groups is 1. The van der Waals surface area contributed by atoms with Gasteiger partial charge < -0.3 is 9.84 Å². The Morgan fingerprint density at radius 3 is 2.67 bits per heavy atom.